The second-order valence-corrected chi connectivity index (χ2v) is 6.35. The fourth-order valence-electron chi connectivity index (χ4n) is 1.96. The van der Waals surface area contributed by atoms with Crippen LogP contribution in [-0.4, -0.2) is 23.7 Å². The molecule has 0 bridgehead atoms. The maximum atomic E-state index is 12.8. The van der Waals surface area contributed by atoms with Gasteiger partial charge >= 0.3 is 12.0 Å². The van der Waals surface area contributed by atoms with Gasteiger partial charge in [-0.2, -0.15) is 0 Å². The van der Waals surface area contributed by atoms with Crippen LogP contribution >= 0.6 is 0 Å². The lowest BCUT2D eigenvalue weighted by molar-refractivity contribution is -0.139. The second kappa shape index (κ2) is 7.77. The smallest absolute Gasteiger partial charge is 0.315 e. The summed E-state index contributed by atoms with van der Waals surface area (Å²) in [5.41, 5.74) is 0.567. The predicted octanol–water partition coefficient (Wildman–Crippen LogP) is 2.76. The predicted molar refractivity (Wildman–Crippen MR) is 81.8 cm³/mol. The Hall–Kier alpha value is -2.11. The summed E-state index contributed by atoms with van der Waals surface area (Å²) in [6.07, 6.45) is 0.00173. The molecule has 1 atom stereocenters. The summed E-state index contributed by atoms with van der Waals surface area (Å²) in [4.78, 5) is 22.6. The van der Waals surface area contributed by atoms with E-state index >= 15 is 0 Å². The Balaban J connectivity index is 2.43. The Kier molecular flexibility index (Phi) is 6.34. The molecule has 122 valence electrons. The number of carbonyl (C=O) groups excluding carboxylic acids is 1. The number of hydrogen-bond acceptors (Lipinski definition) is 2. The molecule has 0 aliphatic heterocycles. The van der Waals surface area contributed by atoms with Gasteiger partial charge in [0.1, 0.15) is 5.82 Å². The Morgan fingerprint density at radius 3 is 2.27 bits per heavy atom. The topological polar surface area (TPSA) is 78.4 Å². The van der Waals surface area contributed by atoms with E-state index in [0.29, 0.717) is 0 Å². The van der Waals surface area contributed by atoms with Crippen molar-refractivity contribution in [2.24, 2.45) is 11.3 Å². The minimum Gasteiger partial charge on any atom is -0.481 e. The molecular weight excluding hydrogens is 287 g/mol. The highest BCUT2D eigenvalue weighted by molar-refractivity contribution is 5.74. The van der Waals surface area contributed by atoms with Gasteiger partial charge in [-0.3, -0.25) is 4.79 Å². The molecule has 0 saturated carbocycles. The Morgan fingerprint density at radius 2 is 1.77 bits per heavy atom. The third-order valence-electron chi connectivity index (χ3n) is 3.52. The van der Waals surface area contributed by atoms with Crippen molar-refractivity contribution in [3.63, 3.8) is 0 Å². The van der Waals surface area contributed by atoms with Gasteiger partial charge in [-0.05, 0) is 29.0 Å². The van der Waals surface area contributed by atoms with Crippen molar-refractivity contribution in [3.8, 4) is 0 Å². The van der Waals surface area contributed by atoms with Gasteiger partial charge in [-0.25, -0.2) is 9.18 Å². The number of halogens is 1. The number of urea groups is 1. The zero-order valence-electron chi connectivity index (χ0n) is 13.1. The average molecular weight is 310 g/mol. The number of aliphatic carboxylic acids is 1. The number of hydrogen-bond donors (Lipinski definition) is 3. The summed E-state index contributed by atoms with van der Waals surface area (Å²) >= 11 is 0. The molecule has 0 radical (unpaired) electrons. The maximum absolute atomic E-state index is 12.8. The van der Waals surface area contributed by atoms with Gasteiger partial charge in [0.05, 0.1) is 6.42 Å². The van der Waals surface area contributed by atoms with Crippen LogP contribution in [0.2, 0.25) is 0 Å². The van der Waals surface area contributed by atoms with Crippen LogP contribution in [0.5, 0.6) is 0 Å². The summed E-state index contributed by atoms with van der Waals surface area (Å²) in [5, 5.41) is 14.3. The number of amides is 2. The molecule has 0 heterocycles. The summed E-state index contributed by atoms with van der Waals surface area (Å²) in [6, 6.07) is 5.48. The Bertz CT molecular complexity index is 509. The van der Waals surface area contributed by atoms with Crippen LogP contribution < -0.4 is 10.6 Å². The standard InChI is InChI=1S/C16H23FN2O3/c1-16(2,3)12(8-14(20)21)10-19-15(22)18-9-11-4-6-13(17)7-5-11/h4-7,12H,8-10H2,1-3H3,(H,20,21)(H2,18,19,22). The first-order valence-electron chi connectivity index (χ1n) is 7.16. The van der Waals surface area contributed by atoms with Crippen LogP contribution in [0.15, 0.2) is 24.3 Å². The van der Waals surface area contributed by atoms with Gasteiger partial charge in [-0.15, -0.1) is 0 Å². The molecule has 3 N–H and O–H groups in total. The highest BCUT2D eigenvalue weighted by Crippen LogP contribution is 2.28. The molecule has 0 fully saturated rings. The van der Waals surface area contributed by atoms with E-state index in [1.54, 1.807) is 12.1 Å². The molecular formula is C16H23FN2O3. The molecule has 1 aromatic rings. The van der Waals surface area contributed by atoms with Crippen LogP contribution in [0.25, 0.3) is 0 Å². The summed E-state index contributed by atoms with van der Waals surface area (Å²) in [6.45, 7) is 6.40. The molecule has 0 aliphatic carbocycles. The van der Waals surface area contributed by atoms with Gasteiger partial charge in [0.25, 0.3) is 0 Å². The van der Waals surface area contributed by atoms with Crippen molar-refractivity contribution < 1.29 is 19.1 Å². The number of benzene rings is 1. The van der Waals surface area contributed by atoms with E-state index in [2.05, 4.69) is 10.6 Å². The molecule has 0 spiro atoms. The van der Waals surface area contributed by atoms with Crippen molar-refractivity contribution in [3.05, 3.63) is 35.6 Å². The van der Waals surface area contributed by atoms with Crippen molar-refractivity contribution >= 4 is 12.0 Å². The molecule has 1 aromatic carbocycles. The maximum Gasteiger partial charge on any atom is 0.315 e. The minimum atomic E-state index is -0.881. The largest absolute Gasteiger partial charge is 0.481 e. The molecule has 0 aliphatic rings. The summed E-state index contributed by atoms with van der Waals surface area (Å²) in [7, 11) is 0. The van der Waals surface area contributed by atoms with Crippen LogP contribution in [-0.2, 0) is 11.3 Å². The Morgan fingerprint density at radius 1 is 1.18 bits per heavy atom. The van der Waals surface area contributed by atoms with E-state index in [4.69, 9.17) is 5.11 Å². The lowest BCUT2D eigenvalue weighted by atomic mass is 9.79. The highest BCUT2D eigenvalue weighted by Gasteiger charge is 2.27. The van der Waals surface area contributed by atoms with E-state index in [1.807, 2.05) is 20.8 Å². The van der Waals surface area contributed by atoms with Crippen molar-refractivity contribution in [2.45, 2.75) is 33.7 Å². The highest BCUT2D eigenvalue weighted by atomic mass is 19.1. The van der Waals surface area contributed by atoms with E-state index in [9.17, 15) is 14.0 Å². The summed E-state index contributed by atoms with van der Waals surface area (Å²) < 4.78 is 12.8. The SMILES string of the molecule is CC(C)(C)C(CNC(=O)NCc1ccc(F)cc1)CC(=O)O. The monoisotopic (exact) mass is 310 g/mol. The molecule has 6 heteroatoms. The average Bonchev–Trinajstić information content (AvgIpc) is 2.41. The van der Waals surface area contributed by atoms with Gasteiger partial charge < -0.3 is 15.7 Å². The fourth-order valence-corrected chi connectivity index (χ4v) is 1.96. The van der Waals surface area contributed by atoms with Gasteiger partial charge in [0.15, 0.2) is 0 Å². The number of carboxylic acid groups (broad SMARTS) is 1. The molecule has 0 saturated heterocycles. The zero-order chi connectivity index (χ0) is 16.8. The first-order chi connectivity index (χ1) is 10.2. The lowest BCUT2D eigenvalue weighted by Crippen LogP contribution is -2.41. The lowest BCUT2D eigenvalue weighted by Gasteiger charge is -2.29. The van der Waals surface area contributed by atoms with Gasteiger partial charge in [0, 0.05) is 13.1 Å². The molecule has 1 unspecified atom stereocenters. The van der Waals surface area contributed by atoms with Gasteiger partial charge in [-0.1, -0.05) is 32.9 Å². The van der Waals surface area contributed by atoms with Crippen molar-refractivity contribution in [2.75, 3.05) is 6.54 Å². The molecule has 22 heavy (non-hydrogen) atoms. The number of nitrogens with one attached hydrogen (secondary N) is 2. The zero-order valence-corrected chi connectivity index (χ0v) is 13.1. The third-order valence-corrected chi connectivity index (χ3v) is 3.52. The van der Waals surface area contributed by atoms with Crippen LogP contribution in [0.4, 0.5) is 9.18 Å². The van der Waals surface area contributed by atoms with Gasteiger partial charge in [0.2, 0.25) is 0 Å². The normalized spacial score (nSPS) is 12.5. The molecule has 5 nitrogen and oxygen atoms in total. The molecule has 0 aromatic heterocycles. The van der Waals surface area contributed by atoms with Crippen LogP contribution in [0.1, 0.15) is 32.8 Å². The number of carbonyl (C=O) groups is 2. The van der Waals surface area contributed by atoms with Crippen LogP contribution in [0, 0.1) is 17.2 Å². The van der Waals surface area contributed by atoms with E-state index in [-0.39, 0.29) is 42.7 Å². The Labute approximate surface area is 129 Å². The van der Waals surface area contributed by atoms with Crippen molar-refractivity contribution in [1.82, 2.24) is 10.6 Å². The number of carboxylic acids is 1. The van der Waals surface area contributed by atoms with E-state index in [1.165, 1.54) is 12.1 Å². The first-order valence-corrected chi connectivity index (χ1v) is 7.16. The summed E-state index contributed by atoms with van der Waals surface area (Å²) in [5.74, 6) is -1.37. The minimum absolute atomic E-state index is 0.00173. The second-order valence-electron chi connectivity index (χ2n) is 6.35. The van der Waals surface area contributed by atoms with Crippen molar-refractivity contribution in [1.29, 1.82) is 0 Å². The van der Waals surface area contributed by atoms with E-state index in [0.717, 1.165) is 5.56 Å². The number of rotatable bonds is 6. The quantitative estimate of drug-likeness (QED) is 0.756. The third kappa shape index (κ3) is 6.56. The fraction of sp³-hybridized carbons (Fsp3) is 0.500. The molecule has 1 rings (SSSR count). The van der Waals surface area contributed by atoms with E-state index < -0.39 is 5.97 Å². The van der Waals surface area contributed by atoms with Crippen LogP contribution in [0.3, 0.4) is 0 Å². The molecule has 2 amide bonds. The first kappa shape index (κ1) is 17.9.